The van der Waals surface area contributed by atoms with Gasteiger partial charge >= 0.3 is 186 Å². The summed E-state index contributed by atoms with van der Waals surface area (Å²) in [5, 5.41) is 0. The second kappa shape index (κ2) is 8.06. The molecule has 0 aromatic heterocycles. The van der Waals surface area contributed by atoms with Crippen LogP contribution in [0.1, 0.15) is 5.56 Å². The van der Waals surface area contributed by atoms with E-state index >= 15 is 0 Å². The van der Waals surface area contributed by atoms with Crippen LogP contribution in [0.4, 0.5) is 0 Å². The van der Waals surface area contributed by atoms with Crippen LogP contribution in [-0.2, 0) is 0 Å². The van der Waals surface area contributed by atoms with Crippen molar-refractivity contribution in [3.8, 4) is 0 Å². The molecule has 0 radical (unpaired) electrons. The molecule has 0 nitrogen and oxygen atoms in total. The second-order valence-corrected chi connectivity index (χ2v) is 24.4. The van der Waals surface area contributed by atoms with Gasteiger partial charge in [-0.15, -0.1) is 0 Å². The van der Waals surface area contributed by atoms with Crippen molar-refractivity contribution < 1.29 is 0 Å². The molecule has 1 aliphatic rings. The third-order valence-corrected chi connectivity index (χ3v) is 12.7. The van der Waals surface area contributed by atoms with Crippen molar-refractivity contribution in [2.45, 2.75) is 21.7 Å². The molecule has 1 aliphatic heterocycles. The van der Waals surface area contributed by atoms with Gasteiger partial charge in [-0.2, -0.15) is 0 Å². The molecule has 31 heavy (non-hydrogen) atoms. The maximum atomic E-state index is 2.49. The zero-order valence-electron chi connectivity index (χ0n) is 18.9. The Labute approximate surface area is 191 Å². The van der Waals surface area contributed by atoms with Crippen molar-refractivity contribution in [3.63, 3.8) is 0 Å². The van der Waals surface area contributed by atoms with Gasteiger partial charge in [-0.25, -0.2) is 0 Å². The first-order valence-corrected chi connectivity index (χ1v) is 21.3. The summed E-state index contributed by atoms with van der Waals surface area (Å²) in [6.45, 7) is 2.74. The number of aryl methyl sites for hydroxylation is 1. The number of rotatable bonds is 3. The van der Waals surface area contributed by atoms with Crippen LogP contribution in [0.15, 0.2) is 97.1 Å². The van der Waals surface area contributed by atoms with E-state index in [0.717, 1.165) is 0 Å². The van der Waals surface area contributed by atoms with E-state index in [1.165, 1.54) is 38.3 Å². The molecule has 5 rings (SSSR count). The minimum absolute atomic E-state index is 0.286. The Kier molecular flexibility index (Phi) is 5.38. The Hall–Kier alpha value is -2.19. The number of benzene rings is 4. The molecule has 1 heterocycles. The first kappa shape index (κ1) is 20.7. The number of fused-ring (bicyclic) bond motifs is 2. The summed E-state index contributed by atoms with van der Waals surface area (Å²) < 4.78 is 1.59. The average molecular weight is 505 g/mol. The molecule has 0 unspecified atom stereocenters. The van der Waals surface area contributed by atoms with Crippen LogP contribution < -0.4 is 36.4 Å². The van der Waals surface area contributed by atoms with Crippen molar-refractivity contribution >= 4 is 68.2 Å². The van der Waals surface area contributed by atoms with Crippen LogP contribution in [0, 0.1) is 6.92 Å². The number of hydrogen-bond acceptors (Lipinski definition) is 0. The first-order chi connectivity index (χ1) is 14.9. The average Bonchev–Trinajstić information content (AvgIpc) is 2.78. The van der Waals surface area contributed by atoms with E-state index in [0.29, 0.717) is 6.71 Å². The van der Waals surface area contributed by atoms with Gasteiger partial charge in [0, 0.05) is 0 Å². The summed E-state index contributed by atoms with van der Waals surface area (Å²) in [6.07, 6.45) is 0. The fourth-order valence-electron chi connectivity index (χ4n) is 5.06. The predicted octanol–water partition coefficient (Wildman–Crippen LogP) is 1.89. The predicted molar refractivity (Wildman–Crippen MR) is 143 cm³/mol. The molecule has 0 saturated heterocycles. The molecule has 3 heteroatoms. The summed E-state index contributed by atoms with van der Waals surface area (Å²) in [5.74, 6) is 0. The van der Waals surface area contributed by atoms with Crippen molar-refractivity contribution in [2.75, 3.05) is 0 Å². The van der Waals surface area contributed by atoms with E-state index in [9.17, 15) is 0 Å². The topological polar surface area (TPSA) is 0 Å². The fraction of sp³-hybridized carbons (Fsp3) is 0.143. The van der Waals surface area contributed by atoms with Crippen LogP contribution in [0.3, 0.4) is 0 Å². The SMILES string of the molecule is Cc1ccc(B2c3ccccc3B(c3cc[c]([Sn]([CH3])([CH3])[CH3])cc3)c3ccccc32)cc1. The third-order valence-electron chi connectivity index (χ3n) is 6.76. The van der Waals surface area contributed by atoms with Gasteiger partial charge in [0.15, 0.2) is 0 Å². The molecule has 0 bridgehead atoms. The van der Waals surface area contributed by atoms with E-state index in [1.54, 1.807) is 3.58 Å². The van der Waals surface area contributed by atoms with Crippen molar-refractivity contribution in [3.05, 3.63) is 103 Å². The van der Waals surface area contributed by atoms with Crippen molar-refractivity contribution in [2.24, 2.45) is 0 Å². The van der Waals surface area contributed by atoms with E-state index in [4.69, 9.17) is 0 Å². The minimum atomic E-state index is -2.06. The standard InChI is InChI=1S/C25H19B2.3CH3.Sn/c1-19-15-17-21(18-16-19)27-24-13-7-5-11-22(24)26(20-9-3-2-4-10-20)23-12-6-8-14-25(23)27;;;;/h3-18H,1H3;3*1H3;. The van der Waals surface area contributed by atoms with E-state index in [-0.39, 0.29) is 6.71 Å². The van der Waals surface area contributed by atoms with Crippen LogP contribution in [-0.4, -0.2) is 31.8 Å². The van der Waals surface area contributed by atoms with Gasteiger partial charge in [0.1, 0.15) is 0 Å². The Morgan fingerprint density at radius 1 is 0.484 bits per heavy atom. The van der Waals surface area contributed by atoms with Crippen molar-refractivity contribution in [1.29, 1.82) is 0 Å². The van der Waals surface area contributed by atoms with Gasteiger partial charge in [-0.05, 0) is 6.92 Å². The van der Waals surface area contributed by atoms with Crippen molar-refractivity contribution in [1.82, 2.24) is 0 Å². The molecular formula is C28H28B2Sn. The van der Waals surface area contributed by atoms with E-state index < -0.39 is 18.4 Å². The van der Waals surface area contributed by atoms with Gasteiger partial charge in [-0.3, -0.25) is 0 Å². The van der Waals surface area contributed by atoms with Gasteiger partial charge in [-0.1, -0.05) is 0 Å². The summed E-state index contributed by atoms with van der Waals surface area (Å²) in [5.41, 5.74) is 9.85. The van der Waals surface area contributed by atoms with Crippen LogP contribution in [0.25, 0.3) is 0 Å². The Balaban J connectivity index is 1.70. The summed E-state index contributed by atoms with van der Waals surface area (Å²) in [6, 6.07) is 36.8. The fourth-order valence-corrected chi connectivity index (χ4v) is 8.39. The summed E-state index contributed by atoms with van der Waals surface area (Å²) >= 11 is -2.06. The van der Waals surface area contributed by atoms with Gasteiger partial charge in [0.25, 0.3) is 0 Å². The molecule has 0 fully saturated rings. The van der Waals surface area contributed by atoms with E-state index in [1.807, 2.05) is 0 Å². The molecule has 0 spiro atoms. The monoisotopic (exact) mass is 506 g/mol. The third kappa shape index (κ3) is 3.80. The molecule has 0 atom stereocenters. The number of hydrogen-bond donors (Lipinski definition) is 0. The molecule has 0 aliphatic carbocycles. The maximum absolute atomic E-state index is 2.49. The molecule has 0 saturated carbocycles. The molecule has 4 aromatic rings. The second-order valence-electron chi connectivity index (χ2n) is 9.91. The van der Waals surface area contributed by atoms with E-state index in [2.05, 4.69) is 119 Å². The first-order valence-electron chi connectivity index (χ1n) is 11.3. The molecule has 0 amide bonds. The molecular weight excluding hydrogens is 477 g/mol. The van der Waals surface area contributed by atoms with Gasteiger partial charge < -0.3 is 0 Å². The van der Waals surface area contributed by atoms with Crippen LogP contribution in [0.2, 0.25) is 14.8 Å². The summed E-state index contributed by atoms with van der Waals surface area (Å²) in [7, 11) is 0. The molecule has 4 aromatic carbocycles. The van der Waals surface area contributed by atoms with Gasteiger partial charge in [0.05, 0.1) is 0 Å². The molecule has 150 valence electrons. The summed E-state index contributed by atoms with van der Waals surface area (Å²) in [4.78, 5) is 7.46. The zero-order valence-corrected chi connectivity index (χ0v) is 21.7. The zero-order chi connectivity index (χ0) is 21.6. The Morgan fingerprint density at radius 2 is 0.839 bits per heavy atom. The molecule has 0 N–H and O–H groups in total. The quantitative estimate of drug-likeness (QED) is 0.329. The Bertz CT molecular complexity index is 1170. The Morgan fingerprint density at radius 3 is 1.19 bits per heavy atom. The van der Waals surface area contributed by atoms with Crippen LogP contribution >= 0.6 is 0 Å². The normalized spacial score (nSPS) is 13.0. The van der Waals surface area contributed by atoms with Crippen LogP contribution in [0.5, 0.6) is 0 Å². The van der Waals surface area contributed by atoms with Gasteiger partial charge in [0.2, 0.25) is 0 Å².